The second-order valence-corrected chi connectivity index (χ2v) is 4.09. The largest absolute Gasteiger partial charge is 0.573 e. The molecule has 0 spiro atoms. The molecule has 0 N–H and O–H groups in total. The van der Waals surface area contributed by atoms with Gasteiger partial charge in [-0.05, 0) is 0 Å². The summed E-state index contributed by atoms with van der Waals surface area (Å²) in [6, 6.07) is 0.995. The van der Waals surface area contributed by atoms with E-state index in [2.05, 4.69) is 30.4 Å². The molecule has 0 aliphatic rings. The first kappa shape index (κ1) is 16.5. The van der Waals surface area contributed by atoms with Crippen LogP contribution in [0.5, 0.6) is 11.5 Å². The molecule has 0 saturated carbocycles. The van der Waals surface area contributed by atoms with Crippen LogP contribution in [0.2, 0.25) is 0 Å². The number of halogens is 4. The first-order valence-electron chi connectivity index (χ1n) is 5.26. The third-order valence-electron chi connectivity index (χ3n) is 2.17. The number of carbonyl (C=O) groups excluding carboxylic acids is 1. The average molecular weight is 358 g/mol. The molecule has 0 aromatic carbocycles. The fourth-order valence-electron chi connectivity index (χ4n) is 1.44. The highest BCUT2D eigenvalue weighted by Crippen LogP contribution is 2.35. The van der Waals surface area contributed by atoms with Gasteiger partial charge in [0.15, 0.2) is 11.5 Å². The van der Waals surface area contributed by atoms with Gasteiger partial charge in [-0.1, -0.05) is 15.9 Å². The van der Waals surface area contributed by atoms with Crippen molar-refractivity contribution in [3.05, 3.63) is 17.5 Å². The van der Waals surface area contributed by atoms with Crippen LogP contribution in [-0.4, -0.2) is 31.5 Å². The lowest BCUT2D eigenvalue weighted by molar-refractivity contribution is -0.275. The molecule has 0 saturated heterocycles. The van der Waals surface area contributed by atoms with E-state index in [0.717, 1.165) is 6.07 Å². The number of hydrogen-bond acceptors (Lipinski definition) is 5. The minimum absolute atomic E-state index is 0.0892. The fraction of sp³-hybridized carbons (Fsp3) is 0.455. The van der Waals surface area contributed by atoms with Gasteiger partial charge in [0.25, 0.3) is 0 Å². The van der Waals surface area contributed by atoms with Gasteiger partial charge < -0.3 is 14.2 Å². The fourth-order valence-corrected chi connectivity index (χ4v) is 1.82. The van der Waals surface area contributed by atoms with Crippen LogP contribution in [0.4, 0.5) is 13.2 Å². The highest BCUT2D eigenvalue weighted by atomic mass is 79.9. The van der Waals surface area contributed by atoms with Crippen LogP contribution in [0.15, 0.2) is 6.07 Å². The van der Waals surface area contributed by atoms with Gasteiger partial charge in [-0.2, -0.15) is 0 Å². The summed E-state index contributed by atoms with van der Waals surface area (Å²) in [5, 5.41) is 0.138. The van der Waals surface area contributed by atoms with Gasteiger partial charge >= 0.3 is 12.3 Å². The Morgan fingerprint density at radius 3 is 2.50 bits per heavy atom. The van der Waals surface area contributed by atoms with Crippen molar-refractivity contribution in [2.45, 2.75) is 18.1 Å². The van der Waals surface area contributed by atoms with Crippen LogP contribution >= 0.6 is 15.9 Å². The Morgan fingerprint density at radius 1 is 1.40 bits per heavy atom. The number of esters is 1. The maximum absolute atomic E-state index is 12.4. The van der Waals surface area contributed by atoms with E-state index in [4.69, 9.17) is 4.74 Å². The molecule has 0 radical (unpaired) electrons. The molecule has 0 atom stereocenters. The molecule has 0 bridgehead atoms. The van der Waals surface area contributed by atoms with E-state index < -0.39 is 18.1 Å². The monoisotopic (exact) mass is 357 g/mol. The lowest BCUT2D eigenvalue weighted by Gasteiger charge is -2.15. The summed E-state index contributed by atoms with van der Waals surface area (Å²) in [6.07, 6.45) is -5.14. The molecule has 9 heteroatoms. The number of carbonyl (C=O) groups is 1. The predicted octanol–water partition coefficient (Wildman–Crippen LogP) is 2.60. The van der Waals surface area contributed by atoms with Crippen molar-refractivity contribution in [1.29, 1.82) is 0 Å². The number of hydrogen-bond donors (Lipinski definition) is 0. The summed E-state index contributed by atoms with van der Waals surface area (Å²) in [5.74, 6) is -1.32. The Hall–Kier alpha value is -1.51. The second-order valence-electron chi connectivity index (χ2n) is 3.53. The van der Waals surface area contributed by atoms with Gasteiger partial charge in [-0.15, -0.1) is 13.2 Å². The summed E-state index contributed by atoms with van der Waals surface area (Å²) in [6.45, 7) is 0. The Labute approximate surface area is 121 Å². The van der Waals surface area contributed by atoms with E-state index in [1.807, 2.05) is 0 Å². The molecule has 1 aromatic heterocycles. The molecule has 0 aliphatic heterocycles. The Bertz CT molecular complexity index is 493. The normalized spacial score (nSPS) is 11.1. The van der Waals surface area contributed by atoms with Gasteiger partial charge in [0.05, 0.1) is 32.0 Å². The van der Waals surface area contributed by atoms with Crippen molar-refractivity contribution in [2.75, 3.05) is 14.2 Å². The first-order valence-corrected chi connectivity index (χ1v) is 6.38. The maximum atomic E-state index is 12.4. The van der Waals surface area contributed by atoms with E-state index >= 15 is 0 Å². The standard InChI is InChI=1S/C11H11BrF3NO4/c1-18-9(17)4-6-3-8(20-11(13,14)15)10(19-2)7(5-12)16-6/h3H,4-5H2,1-2H3. The van der Waals surface area contributed by atoms with E-state index in [1.165, 1.54) is 14.2 Å². The molecule has 0 fully saturated rings. The minimum Gasteiger partial charge on any atom is -0.491 e. The zero-order valence-corrected chi connectivity index (χ0v) is 12.2. The van der Waals surface area contributed by atoms with Gasteiger partial charge in [0.1, 0.15) is 0 Å². The van der Waals surface area contributed by atoms with E-state index in [9.17, 15) is 18.0 Å². The minimum atomic E-state index is -4.87. The number of ether oxygens (including phenoxy) is 3. The Morgan fingerprint density at radius 2 is 2.05 bits per heavy atom. The molecule has 5 nitrogen and oxygen atoms in total. The van der Waals surface area contributed by atoms with Crippen molar-refractivity contribution in [2.24, 2.45) is 0 Å². The van der Waals surface area contributed by atoms with Gasteiger partial charge in [-0.3, -0.25) is 9.78 Å². The molecular formula is C11H11BrF3NO4. The summed E-state index contributed by atoms with van der Waals surface area (Å²) in [5.41, 5.74) is 0.277. The Balaban J connectivity index is 3.23. The van der Waals surface area contributed by atoms with Crippen LogP contribution in [0.3, 0.4) is 0 Å². The molecular weight excluding hydrogens is 347 g/mol. The van der Waals surface area contributed by atoms with Gasteiger partial charge in [0, 0.05) is 11.4 Å². The zero-order chi connectivity index (χ0) is 15.3. The maximum Gasteiger partial charge on any atom is 0.573 e. The van der Waals surface area contributed by atoms with E-state index in [1.54, 1.807) is 0 Å². The lowest BCUT2D eigenvalue weighted by Crippen LogP contribution is -2.19. The molecule has 0 unspecified atom stereocenters. The summed E-state index contributed by atoms with van der Waals surface area (Å²) < 4.78 is 50.2. The Kier molecular flexibility index (Phi) is 5.61. The van der Waals surface area contributed by atoms with Crippen LogP contribution < -0.4 is 9.47 Å². The third kappa shape index (κ3) is 4.55. The van der Waals surface area contributed by atoms with Crippen LogP contribution in [0.1, 0.15) is 11.4 Å². The average Bonchev–Trinajstić information content (AvgIpc) is 2.36. The van der Waals surface area contributed by atoms with Crippen molar-refractivity contribution in [3.8, 4) is 11.5 Å². The molecule has 1 aromatic rings. The van der Waals surface area contributed by atoms with Crippen molar-refractivity contribution >= 4 is 21.9 Å². The topological polar surface area (TPSA) is 57.7 Å². The third-order valence-corrected chi connectivity index (χ3v) is 2.70. The summed E-state index contributed by atoms with van der Waals surface area (Å²) in [7, 11) is 2.37. The molecule has 0 amide bonds. The molecule has 20 heavy (non-hydrogen) atoms. The van der Waals surface area contributed by atoms with Crippen LogP contribution in [0.25, 0.3) is 0 Å². The number of pyridine rings is 1. The SMILES string of the molecule is COC(=O)Cc1cc(OC(F)(F)F)c(OC)c(CBr)n1. The molecule has 1 rings (SSSR count). The molecule has 0 aliphatic carbocycles. The smallest absolute Gasteiger partial charge is 0.491 e. The lowest BCUT2D eigenvalue weighted by atomic mass is 10.2. The highest BCUT2D eigenvalue weighted by molar-refractivity contribution is 9.08. The number of aromatic nitrogens is 1. The number of rotatable bonds is 5. The van der Waals surface area contributed by atoms with E-state index in [0.29, 0.717) is 0 Å². The van der Waals surface area contributed by atoms with Crippen LogP contribution in [-0.2, 0) is 21.3 Å². The summed E-state index contributed by atoms with van der Waals surface area (Å²) >= 11 is 3.08. The number of nitrogens with zero attached hydrogens (tertiary/aromatic N) is 1. The summed E-state index contributed by atoms with van der Waals surface area (Å²) in [4.78, 5) is 15.2. The van der Waals surface area contributed by atoms with Gasteiger partial charge in [-0.25, -0.2) is 0 Å². The van der Waals surface area contributed by atoms with Crippen molar-refractivity contribution in [1.82, 2.24) is 4.98 Å². The molecule has 112 valence electrons. The van der Waals surface area contributed by atoms with Gasteiger partial charge in [0.2, 0.25) is 0 Å². The van der Waals surface area contributed by atoms with Crippen LogP contribution in [0, 0.1) is 0 Å². The quantitative estimate of drug-likeness (QED) is 0.598. The van der Waals surface area contributed by atoms with E-state index in [-0.39, 0.29) is 28.9 Å². The molecule has 1 heterocycles. The predicted molar refractivity (Wildman–Crippen MR) is 65.8 cm³/mol. The van der Waals surface area contributed by atoms with Crippen molar-refractivity contribution < 1.29 is 32.2 Å². The zero-order valence-electron chi connectivity index (χ0n) is 10.6. The second kappa shape index (κ2) is 6.78. The highest BCUT2D eigenvalue weighted by Gasteiger charge is 2.33. The number of alkyl halides is 4. The van der Waals surface area contributed by atoms with Crippen molar-refractivity contribution in [3.63, 3.8) is 0 Å². The first-order chi connectivity index (χ1) is 9.30. The number of methoxy groups -OCH3 is 2.